The fourth-order valence-corrected chi connectivity index (χ4v) is 4.46. The number of hydrogen-bond acceptors (Lipinski definition) is 5. The lowest BCUT2D eigenvalue weighted by Crippen LogP contribution is -2.39. The number of amides is 1. The molecule has 2 fully saturated rings. The lowest BCUT2D eigenvalue weighted by Gasteiger charge is -2.28. The summed E-state index contributed by atoms with van der Waals surface area (Å²) >= 11 is 0. The van der Waals surface area contributed by atoms with Crippen molar-refractivity contribution in [3.8, 4) is 0 Å². The zero-order chi connectivity index (χ0) is 17.6. The van der Waals surface area contributed by atoms with E-state index in [0.29, 0.717) is 24.3 Å². The zero-order valence-electron chi connectivity index (χ0n) is 14.7. The van der Waals surface area contributed by atoms with Crippen LogP contribution in [0.25, 0.3) is 11.0 Å². The first kappa shape index (κ1) is 16.3. The van der Waals surface area contributed by atoms with Gasteiger partial charge in [-0.25, -0.2) is 9.97 Å². The Bertz CT molecular complexity index is 762. The van der Waals surface area contributed by atoms with Gasteiger partial charge in [0.25, 0.3) is 5.91 Å². The van der Waals surface area contributed by atoms with Gasteiger partial charge in [-0.2, -0.15) is 0 Å². The van der Waals surface area contributed by atoms with E-state index in [4.69, 9.17) is 0 Å². The molecule has 2 aliphatic rings. The average Bonchev–Trinajstić information content (AvgIpc) is 3.32. The highest BCUT2D eigenvalue weighted by Crippen LogP contribution is 2.41. The Hall–Kier alpha value is -2.15. The van der Waals surface area contributed by atoms with Crippen LogP contribution in [-0.4, -0.2) is 63.1 Å². The Kier molecular flexibility index (Phi) is 4.11. The summed E-state index contributed by atoms with van der Waals surface area (Å²) in [6.45, 7) is 3.39. The number of H-pyrrole nitrogens is 1. The maximum absolute atomic E-state index is 12.2. The first-order chi connectivity index (χ1) is 12.1. The zero-order valence-corrected chi connectivity index (χ0v) is 14.7. The molecule has 25 heavy (non-hydrogen) atoms. The summed E-state index contributed by atoms with van der Waals surface area (Å²) in [6, 6.07) is 2.44. The molecule has 4 rings (SSSR count). The van der Waals surface area contributed by atoms with E-state index in [-0.39, 0.29) is 5.91 Å². The van der Waals surface area contributed by atoms with E-state index in [0.717, 1.165) is 42.8 Å². The van der Waals surface area contributed by atoms with Crippen molar-refractivity contribution in [3.63, 3.8) is 0 Å². The smallest absolute Gasteiger partial charge is 0.251 e. The highest BCUT2D eigenvalue weighted by Gasteiger charge is 2.44. The molecule has 134 valence electrons. The van der Waals surface area contributed by atoms with Crippen molar-refractivity contribution in [2.75, 3.05) is 25.0 Å². The quantitative estimate of drug-likeness (QED) is 0.876. The van der Waals surface area contributed by atoms with Gasteiger partial charge in [0.05, 0.1) is 5.39 Å². The van der Waals surface area contributed by atoms with Crippen molar-refractivity contribution < 1.29 is 9.90 Å². The molecule has 0 spiro atoms. The third kappa shape index (κ3) is 2.76. The number of likely N-dealkylation sites (tertiary alicyclic amines) is 1. The monoisotopic (exact) mass is 343 g/mol. The van der Waals surface area contributed by atoms with Crippen molar-refractivity contribution in [1.29, 1.82) is 0 Å². The standard InChI is InChI=1S/C18H25N5O2/c1-3-15(24)18(25)23-8-11-6-13(7-12(11)9-23)22(2)17-14-4-5-19-16(14)20-10-21-17/h4-5,10-13,15,24H,3,6-9H2,1-2H3,(H,19,20,21)/t11-,12?,13+,15-/m0/s1. The number of nitrogens with zero attached hydrogens (tertiary/aromatic N) is 4. The van der Waals surface area contributed by atoms with Gasteiger partial charge >= 0.3 is 0 Å². The minimum absolute atomic E-state index is 0.105. The highest BCUT2D eigenvalue weighted by molar-refractivity contribution is 5.87. The number of nitrogens with one attached hydrogen (secondary N) is 1. The molecule has 4 atom stereocenters. The normalized spacial score (nSPS) is 26.8. The fourth-order valence-electron chi connectivity index (χ4n) is 4.46. The number of carbonyl (C=O) groups excluding carboxylic acids is 1. The number of carbonyl (C=O) groups is 1. The second kappa shape index (κ2) is 6.29. The molecule has 3 heterocycles. The SMILES string of the molecule is CC[C@H](O)C(=O)N1CC2C[C@H](N(C)c3ncnc4[nH]ccc34)C[C@H]2C1. The molecule has 1 saturated heterocycles. The molecule has 1 saturated carbocycles. The van der Waals surface area contributed by atoms with Crippen molar-refractivity contribution in [2.45, 2.75) is 38.3 Å². The van der Waals surface area contributed by atoms with Gasteiger partial charge in [0.15, 0.2) is 0 Å². The molecule has 0 aromatic carbocycles. The third-order valence-electron chi connectivity index (χ3n) is 5.92. The number of aliphatic hydroxyl groups is 1. The minimum Gasteiger partial charge on any atom is -0.383 e. The van der Waals surface area contributed by atoms with E-state index in [1.54, 1.807) is 6.33 Å². The van der Waals surface area contributed by atoms with Gasteiger partial charge in [-0.1, -0.05) is 6.92 Å². The Morgan fingerprint density at radius 1 is 1.40 bits per heavy atom. The van der Waals surface area contributed by atoms with Crippen LogP contribution < -0.4 is 4.90 Å². The second-order valence-corrected chi connectivity index (χ2v) is 7.36. The number of aliphatic hydroxyl groups excluding tert-OH is 1. The molecule has 1 amide bonds. The molecule has 2 N–H and O–H groups in total. The van der Waals surface area contributed by atoms with E-state index >= 15 is 0 Å². The fraction of sp³-hybridized carbons (Fsp3) is 0.611. The second-order valence-electron chi connectivity index (χ2n) is 7.36. The van der Waals surface area contributed by atoms with Crippen molar-refractivity contribution >= 4 is 22.8 Å². The summed E-state index contributed by atoms with van der Waals surface area (Å²) in [7, 11) is 2.10. The molecule has 7 nitrogen and oxygen atoms in total. The summed E-state index contributed by atoms with van der Waals surface area (Å²) in [5, 5.41) is 10.8. The summed E-state index contributed by atoms with van der Waals surface area (Å²) < 4.78 is 0. The van der Waals surface area contributed by atoms with Crippen LogP contribution in [0.3, 0.4) is 0 Å². The predicted octanol–water partition coefficient (Wildman–Crippen LogP) is 1.40. The van der Waals surface area contributed by atoms with Gasteiger partial charge < -0.3 is 19.9 Å². The molecule has 0 bridgehead atoms. The van der Waals surface area contributed by atoms with E-state index in [9.17, 15) is 9.90 Å². The lowest BCUT2D eigenvalue weighted by molar-refractivity contribution is -0.139. The minimum atomic E-state index is -0.847. The summed E-state index contributed by atoms with van der Waals surface area (Å²) in [6.07, 6.45) is 5.25. The van der Waals surface area contributed by atoms with Gasteiger partial charge in [-0.3, -0.25) is 4.79 Å². The van der Waals surface area contributed by atoms with Crippen LogP contribution in [-0.2, 0) is 4.79 Å². The number of anilines is 1. The predicted molar refractivity (Wildman–Crippen MR) is 95.2 cm³/mol. The van der Waals surface area contributed by atoms with Crippen LogP contribution in [0.15, 0.2) is 18.6 Å². The molecule has 1 aliphatic heterocycles. The molecule has 2 aromatic rings. The van der Waals surface area contributed by atoms with Gasteiger partial charge in [0, 0.05) is 32.4 Å². The Labute approximate surface area is 147 Å². The van der Waals surface area contributed by atoms with Crippen LogP contribution in [0.5, 0.6) is 0 Å². The van der Waals surface area contributed by atoms with Crippen molar-refractivity contribution in [2.24, 2.45) is 11.8 Å². The number of rotatable bonds is 4. The molecule has 7 heteroatoms. The number of aromatic nitrogens is 3. The van der Waals surface area contributed by atoms with E-state index in [2.05, 4.69) is 26.9 Å². The van der Waals surface area contributed by atoms with Crippen molar-refractivity contribution in [1.82, 2.24) is 19.9 Å². The summed E-state index contributed by atoms with van der Waals surface area (Å²) in [5.74, 6) is 1.89. The molecular formula is C18H25N5O2. The van der Waals surface area contributed by atoms with E-state index < -0.39 is 6.10 Å². The summed E-state index contributed by atoms with van der Waals surface area (Å²) in [4.78, 5) is 28.2. The van der Waals surface area contributed by atoms with Crippen LogP contribution >= 0.6 is 0 Å². The van der Waals surface area contributed by atoms with Gasteiger partial charge in [0.1, 0.15) is 23.9 Å². The van der Waals surface area contributed by atoms with Crippen LogP contribution in [0, 0.1) is 11.8 Å². The van der Waals surface area contributed by atoms with Crippen molar-refractivity contribution in [3.05, 3.63) is 18.6 Å². The first-order valence-corrected chi connectivity index (χ1v) is 9.06. The van der Waals surface area contributed by atoms with Gasteiger partial charge in [0.2, 0.25) is 0 Å². The largest absolute Gasteiger partial charge is 0.383 e. The molecule has 2 aromatic heterocycles. The first-order valence-electron chi connectivity index (χ1n) is 9.06. The van der Waals surface area contributed by atoms with Gasteiger partial charge in [-0.15, -0.1) is 0 Å². The number of aromatic amines is 1. The molecule has 1 aliphatic carbocycles. The molecule has 1 unspecified atom stereocenters. The maximum atomic E-state index is 12.2. The Morgan fingerprint density at radius 3 is 2.80 bits per heavy atom. The highest BCUT2D eigenvalue weighted by atomic mass is 16.3. The topological polar surface area (TPSA) is 85.3 Å². The summed E-state index contributed by atoms with van der Waals surface area (Å²) in [5.41, 5.74) is 0.861. The Morgan fingerprint density at radius 2 is 2.12 bits per heavy atom. The van der Waals surface area contributed by atoms with E-state index in [1.807, 2.05) is 24.1 Å². The van der Waals surface area contributed by atoms with Crippen LogP contribution in [0.1, 0.15) is 26.2 Å². The van der Waals surface area contributed by atoms with Gasteiger partial charge in [-0.05, 0) is 37.2 Å². The average molecular weight is 343 g/mol. The number of fused-ring (bicyclic) bond motifs is 2. The Balaban J connectivity index is 1.45. The van der Waals surface area contributed by atoms with Crippen LogP contribution in [0.2, 0.25) is 0 Å². The number of hydrogen-bond donors (Lipinski definition) is 2. The van der Waals surface area contributed by atoms with E-state index in [1.165, 1.54) is 0 Å². The lowest BCUT2D eigenvalue weighted by atomic mass is 10.0. The van der Waals surface area contributed by atoms with Crippen LogP contribution in [0.4, 0.5) is 5.82 Å². The molecule has 0 radical (unpaired) electrons. The molecular weight excluding hydrogens is 318 g/mol. The third-order valence-corrected chi connectivity index (χ3v) is 5.92. The maximum Gasteiger partial charge on any atom is 0.251 e.